The van der Waals surface area contributed by atoms with E-state index in [4.69, 9.17) is 5.11 Å². The Morgan fingerprint density at radius 3 is 2.76 bits per heavy atom. The van der Waals surface area contributed by atoms with E-state index in [-0.39, 0.29) is 13.2 Å². The maximum absolute atomic E-state index is 11.6. The highest BCUT2D eigenvalue weighted by atomic mass is 16.3. The number of aliphatic hydroxyl groups is 2. The fourth-order valence-corrected chi connectivity index (χ4v) is 1.22. The molecule has 1 aromatic rings. The van der Waals surface area contributed by atoms with Crippen molar-refractivity contribution in [1.29, 1.82) is 0 Å². The van der Waals surface area contributed by atoms with E-state index >= 15 is 0 Å². The molecule has 0 aliphatic heterocycles. The minimum Gasteiger partial charge on any atom is -0.396 e. The van der Waals surface area contributed by atoms with Gasteiger partial charge in [-0.2, -0.15) is 0 Å². The van der Waals surface area contributed by atoms with Crippen molar-refractivity contribution in [2.24, 2.45) is 5.41 Å². The Hall–Kier alpha value is -1.46. The van der Waals surface area contributed by atoms with Crippen LogP contribution >= 0.6 is 0 Å². The summed E-state index contributed by atoms with van der Waals surface area (Å²) < 4.78 is 0. The minimum absolute atomic E-state index is 0.259. The van der Waals surface area contributed by atoms with Gasteiger partial charge in [0.05, 0.1) is 18.8 Å². The monoisotopic (exact) mass is 238 g/mol. The Labute approximate surface area is 101 Å². The van der Waals surface area contributed by atoms with Gasteiger partial charge in [0, 0.05) is 11.6 Å². The van der Waals surface area contributed by atoms with Crippen LogP contribution < -0.4 is 5.32 Å². The van der Waals surface area contributed by atoms with Crippen LogP contribution in [0, 0.1) is 5.41 Å². The molecule has 1 amide bonds. The summed E-state index contributed by atoms with van der Waals surface area (Å²) in [6, 6.07) is 5.39. The molecule has 0 saturated carbocycles. The third kappa shape index (κ3) is 3.80. The number of amides is 1. The zero-order chi connectivity index (χ0) is 12.9. The average molecular weight is 238 g/mol. The van der Waals surface area contributed by atoms with E-state index in [1.54, 1.807) is 32.2 Å². The van der Waals surface area contributed by atoms with Gasteiger partial charge in [-0.25, -0.2) is 0 Å². The molecule has 1 heterocycles. The summed E-state index contributed by atoms with van der Waals surface area (Å²) in [4.78, 5) is 15.7. The number of carbonyl (C=O) groups is 1. The number of pyridine rings is 1. The van der Waals surface area contributed by atoms with Gasteiger partial charge in [0.15, 0.2) is 0 Å². The Kier molecular flexibility index (Phi) is 4.60. The normalized spacial score (nSPS) is 13.2. The summed E-state index contributed by atoms with van der Waals surface area (Å²) >= 11 is 0. The maximum Gasteiger partial charge on any atom is 0.249 e. The van der Waals surface area contributed by atoms with Crippen molar-refractivity contribution in [3.8, 4) is 0 Å². The van der Waals surface area contributed by atoms with Crippen molar-refractivity contribution in [2.45, 2.75) is 26.5 Å². The highest BCUT2D eigenvalue weighted by Crippen LogP contribution is 2.19. The molecular formula is C12H18N2O3. The largest absolute Gasteiger partial charge is 0.396 e. The SMILES string of the molecule is CC(C)(CO)C(O)C(=O)NCc1ccccn1. The molecule has 0 aromatic carbocycles. The highest BCUT2D eigenvalue weighted by molar-refractivity contribution is 5.81. The molecule has 0 radical (unpaired) electrons. The molecule has 1 rings (SSSR count). The van der Waals surface area contributed by atoms with Gasteiger partial charge in [0.25, 0.3) is 0 Å². The summed E-state index contributed by atoms with van der Waals surface area (Å²) in [7, 11) is 0. The first-order chi connectivity index (χ1) is 7.97. The summed E-state index contributed by atoms with van der Waals surface area (Å²) in [6.45, 7) is 3.25. The average Bonchev–Trinajstić information content (AvgIpc) is 2.36. The molecule has 1 aromatic heterocycles. The topological polar surface area (TPSA) is 82.5 Å². The zero-order valence-corrected chi connectivity index (χ0v) is 10.1. The molecule has 0 aliphatic carbocycles. The van der Waals surface area contributed by atoms with Gasteiger partial charge in [0.2, 0.25) is 5.91 Å². The van der Waals surface area contributed by atoms with E-state index in [0.29, 0.717) is 0 Å². The zero-order valence-electron chi connectivity index (χ0n) is 10.1. The molecule has 94 valence electrons. The van der Waals surface area contributed by atoms with Crippen LogP contribution in [0.15, 0.2) is 24.4 Å². The lowest BCUT2D eigenvalue weighted by Gasteiger charge is -2.27. The van der Waals surface area contributed by atoms with E-state index < -0.39 is 17.4 Å². The standard InChI is InChI=1S/C12H18N2O3/c1-12(2,8-15)10(16)11(17)14-7-9-5-3-4-6-13-9/h3-6,10,15-16H,7-8H2,1-2H3,(H,14,17). The van der Waals surface area contributed by atoms with Crippen molar-refractivity contribution >= 4 is 5.91 Å². The number of aromatic nitrogens is 1. The van der Waals surface area contributed by atoms with E-state index in [1.165, 1.54) is 0 Å². The second kappa shape index (κ2) is 5.75. The minimum atomic E-state index is -1.24. The van der Waals surface area contributed by atoms with Gasteiger partial charge >= 0.3 is 0 Å². The maximum atomic E-state index is 11.6. The van der Waals surface area contributed by atoms with E-state index in [2.05, 4.69) is 10.3 Å². The molecule has 5 heteroatoms. The molecule has 0 fully saturated rings. The van der Waals surface area contributed by atoms with Crippen LogP contribution in [0.2, 0.25) is 0 Å². The second-order valence-corrected chi connectivity index (χ2v) is 4.59. The lowest BCUT2D eigenvalue weighted by Crippen LogP contribution is -2.45. The first-order valence-electron chi connectivity index (χ1n) is 5.44. The smallest absolute Gasteiger partial charge is 0.249 e. The van der Waals surface area contributed by atoms with Crippen LogP contribution in [-0.4, -0.2) is 33.8 Å². The predicted octanol–water partition coefficient (Wildman–Crippen LogP) is 0.0772. The molecule has 0 saturated heterocycles. The molecule has 17 heavy (non-hydrogen) atoms. The van der Waals surface area contributed by atoms with Crippen LogP contribution in [0.5, 0.6) is 0 Å². The van der Waals surface area contributed by atoms with Gasteiger partial charge in [0.1, 0.15) is 6.10 Å². The number of hydrogen-bond donors (Lipinski definition) is 3. The summed E-state index contributed by atoms with van der Waals surface area (Å²) in [6.07, 6.45) is 0.395. The fourth-order valence-electron chi connectivity index (χ4n) is 1.22. The third-order valence-corrected chi connectivity index (χ3v) is 2.57. The van der Waals surface area contributed by atoms with Crippen molar-refractivity contribution in [2.75, 3.05) is 6.61 Å². The van der Waals surface area contributed by atoms with Gasteiger partial charge < -0.3 is 15.5 Å². The molecule has 0 aliphatic rings. The van der Waals surface area contributed by atoms with Crippen molar-refractivity contribution in [1.82, 2.24) is 10.3 Å². The highest BCUT2D eigenvalue weighted by Gasteiger charge is 2.32. The van der Waals surface area contributed by atoms with Gasteiger partial charge in [-0.05, 0) is 12.1 Å². The van der Waals surface area contributed by atoms with Crippen molar-refractivity contribution in [3.63, 3.8) is 0 Å². The first-order valence-corrected chi connectivity index (χ1v) is 5.44. The molecule has 1 atom stereocenters. The summed E-state index contributed by atoms with van der Waals surface area (Å²) in [5, 5.41) is 21.4. The number of nitrogens with one attached hydrogen (secondary N) is 1. The van der Waals surface area contributed by atoms with Crippen LogP contribution in [0.25, 0.3) is 0 Å². The van der Waals surface area contributed by atoms with Gasteiger partial charge in [-0.1, -0.05) is 19.9 Å². The third-order valence-electron chi connectivity index (χ3n) is 2.57. The number of carbonyl (C=O) groups excluding carboxylic acids is 1. The van der Waals surface area contributed by atoms with Crippen LogP contribution in [0.1, 0.15) is 19.5 Å². The van der Waals surface area contributed by atoms with E-state index in [9.17, 15) is 9.90 Å². The Morgan fingerprint density at radius 2 is 2.24 bits per heavy atom. The predicted molar refractivity (Wildman–Crippen MR) is 63.0 cm³/mol. The van der Waals surface area contributed by atoms with Gasteiger partial charge in [-0.15, -0.1) is 0 Å². The molecular weight excluding hydrogens is 220 g/mol. The molecule has 0 bridgehead atoms. The molecule has 0 spiro atoms. The lowest BCUT2D eigenvalue weighted by molar-refractivity contribution is -0.137. The van der Waals surface area contributed by atoms with Crippen molar-refractivity contribution < 1.29 is 15.0 Å². The first kappa shape index (κ1) is 13.6. The molecule has 1 unspecified atom stereocenters. The molecule has 3 N–H and O–H groups in total. The Bertz CT molecular complexity index is 365. The van der Waals surface area contributed by atoms with E-state index in [1.807, 2.05) is 6.07 Å². The second-order valence-electron chi connectivity index (χ2n) is 4.59. The Morgan fingerprint density at radius 1 is 1.53 bits per heavy atom. The quantitative estimate of drug-likeness (QED) is 0.678. The lowest BCUT2D eigenvalue weighted by atomic mass is 9.87. The van der Waals surface area contributed by atoms with Crippen molar-refractivity contribution in [3.05, 3.63) is 30.1 Å². The summed E-state index contributed by atoms with van der Waals surface area (Å²) in [5.74, 6) is -0.505. The van der Waals surface area contributed by atoms with Crippen LogP contribution in [0.4, 0.5) is 0 Å². The summed E-state index contributed by atoms with van der Waals surface area (Å²) in [5.41, 5.74) is -0.136. The Balaban J connectivity index is 2.51. The van der Waals surface area contributed by atoms with Gasteiger partial charge in [-0.3, -0.25) is 9.78 Å². The number of nitrogens with zero attached hydrogens (tertiary/aromatic N) is 1. The molecule has 5 nitrogen and oxygen atoms in total. The van der Waals surface area contributed by atoms with E-state index in [0.717, 1.165) is 5.69 Å². The number of rotatable bonds is 5. The van der Waals surface area contributed by atoms with Crippen LogP contribution in [-0.2, 0) is 11.3 Å². The van der Waals surface area contributed by atoms with Crippen LogP contribution in [0.3, 0.4) is 0 Å². The number of aliphatic hydroxyl groups excluding tert-OH is 2. The fraction of sp³-hybridized carbons (Fsp3) is 0.500. The number of hydrogen-bond acceptors (Lipinski definition) is 4.